The summed E-state index contributed by atoms with van der Waals surface area (Å²) in [5, 5.41) is 15.0. The van der Waals surface area contributed by atoms with Gasteiger partial charge in [-0.25, -0.2) is 4.79 Å². The highest BCUT2D eigenvalue weighted by Gasteiger charge is 2.14. The molecule has 5 heteroatoms. The molecule has 0 bridgehead atoms. The molecule has 0 heterocycles. The average Bonchev–Trinajstić information content (AvgIpc) is 2.26. The van der Waals surface area contributed by atoms with Gasteiger partial charge in [0.25, 0.3) is 0 Å². The molecule has 1 rings (SSSR count). The Hall–Kier alpha value is -2.04. The minimum atomic E-state index is -0.980. The fraction of sp³-hybridized carbons (Fsp3) is 0.467. The van der Waals surface area contributed by atoms with Crippen LogP contribution in [0.3, 0.4) is 0 Å². The molecule has 1 aromatic carbocycles. The van der Waals surface area contributed by atoms with Crippen LogP contribution in [0.15, 0.2) is 18.2 Å². The smallest absolute Gasteiger partial charge is 0.337 e. The van der Waals surface area contributed by atoms with Gasteiger partial charge in [-0.3, -0.25) is 4.79 Å². The van der Waals surface area contributed by atoms with Gasteiger partial charge >= 0.3 is 5.97 Å². The van der Waals surface area contributed by atoms with E-state index < -0.39 is 5.97 Å². The number of rotatable bonds is 5. The van der Waals surface area contributed by atoms with Crippen molar-refractivity contribution in [2.24, 2.45) is 0 Å². The van der Waals surface area contributed by atoms with Crippen molar-refractivity contribution in [3.05, 3.63) is 29.3 Å². The molecule has 0 unspecified atom stereocenters. The van der Waals surface area contributed by atoms with Crippen molar-refractivity contribution in [2.75, 3.05) is 11.9 Å². The number of carboxylic acid groups (broad SMARTS) is 1. The van der Waals surface area contributed by atoms with Crippen molar-refractivity contribution < 1.29 is 14.7 Å². The molecule has 0 aromatic heterocycles. The maximum Gasteiger partial charge on any atom is 0.337 e. The first kappa shape index (κ1) is 16.0. The van der Waals surface area contributed by atoms with Crippen LogP contribution in [0.2, 0.25) is 0 Å². The summed E-state index contributed by atoms with van der Waals surface area (Å²) in [6.07, 6.45) is 0.296. The van der Waals surface area contributed by atoms with Crippen LogP contribution in [-0.2, 0) is 4.79 Å². The maximum absolute atomic E-state index is 11.7. The molecule has 0 saturated carbocycles. The maximum atomic E-state index is 11.7. The van der Waals surface area contributed by atoms with E-state index >= 15 is 0 Å². The lowest BCUT2D eigenvalue weighted by Gasteiger charge is -2.20. The number of carbonyl (C=O) groups is 2. The number of hydrogen-bond acceptors (Lipinski definition) is 3. The van der Waals surface area contributed by atoms with E-state index in [2.05, 4.69) is 10.6 Å². The fourth-order valence-corrected chi connectivity index (χ4v) is 1.78. The first-order chi connectivity index (χ1) is 9.19. The molecule has 0 aliphatic heterocycles. The number of aryl methyl sites for hydroxylation is 1. The number of amides is 1. The lowest BCUT2D eigenvalue weighted by atomic mass is 10.1. The number of carboxylic acids is 1. The Labute approximate surface area is 119 Å². The molecular formula is C15H22N2O3. The molecule has 0 aliphatic rings. The Morgan fingerprint density at radius 1 is 1.25 bits per heavy atom. The van der Waals surface area contributed by atoms with Gasteiger partial charge in [-0.15, -0.1) is 0 Å². The Morgan fingerprint density at radius 2 is 1.90 bits per heavy atom. The molecule has 110 valence electrons. The lowest BCUT2D eigenvalue weighted by molar-refractivity contribution is -0.122. The van der Waals surface area contributed by atoms with Gasteiger partial charge in [0.05, 0.1) is 5.56 Å². The minimum Gasteiger partial charge on any atom is -0.478 e. The van der Waals surface area contributed by atoms with E-state index in [9.17, 15) is 9.59 Å². The summed E-state index contributed by atoms with van der Waals surface area (Å²) in [5.74, 6) is -1.04. The zero-order chi connectivity index (χ0) is 15.3. The molecule has 0 spiro atoms. The predicted molar refractivity (Wildman–Crippen MR) is 79.1 cm³/mol. The van der Waals surface area contributed by atoms with E-state index in [0.717, 1.165) is 5.56 Å². The van der Waals surface area contributed by atoms with Crippen LogP contribution in [0.5, 0.6) is 0 Å². The monoisotopic (exact) mass is 278 g/mol. The molecule has 20 heavy (non-hydrogen) atoms. The van der Waals surface area contributed by atoms with E-state index in [0.29, 0.717) is 18.7 Å². The van der Waals surface area contributed by atoms with Gasteiger partial charge in [0, 0.05) is 24.2 Å². The summed E-state index contributed by atoms with van der Waals surface area (Å²) in [4.78, 5) is 22.8. The molecule has 1 amide bonds. The van der Waals surface area contributed by atoms with Gasteiger partial charge in [0.1, 0.15) is 0 Å². The zero-order valence-corrected chi connectivity index (χ0v) is 12.4. The first-order valence-corrected chi connectivity index (χ1v) is 6.58. The van der Waals surface area contributed by atoms with Crippen LogP contribution >= 0.6 is 0 Å². The van der Waals surface area contributed by atoms with Crippen LogP contribution in [0.25, 0.3) is 0 Å². The van der Waals surface area contributed by atoms with Crippen molar-refractivity contribution in [3.8, 4) is 0 Å². The highest BCUT2D eigenvalue weighted by molar-refractivity contribution is 5.94. The largest absolute Gasteiger partial charge is 0.478 e. The van der Waals surface area contributed by atoms with Crippen LogP contribution in [-0.4, -0.2) is 29.1 Å². The van der Waals surface area contributed by atoms with E-state index in [-0.39, 0.29) is 17.0 Å². The quantitative estimate of drug-likeness (QED) is 0.773. The molecule has 3 N–H and O–H groups in total. The number of hydrogen-bond donors (Lipinski definition) is 3. The second-order valence-corrected chi connectivity index (χ2v) is 5.83. The van der Waals surface area contributed by atoms with Crippen molar-refractivity contribution in [2.45, 2.75) is 39.7 Å². The van der Waals surface area contributed by atoms with E-state index in [1.807, 2.05) is 27.7 Å². The van der Waals surface area contributed by atoms with Crippen LogP contribution < -0.4 is 10.6 Å². The Kier molecular flexibility index (Phi) is 5.13. The average molecular weight is 278 g/mol. The summed E-state index contributed by atoms with van der Waals surface area (Å²) < 4.78 is 0. The Balaban J connectivity index is 2.60. The Morgan fingerprint density at radius 3 is 2.45 bits per heavy atom. The van der Waals surface area contributed by atoms with Gasteiger partial charge in [0.15, 0.2) is 0 Å². The summed E-state index contributed by atoms with van der Waals surface area (Å²) >= 11 is 0. The second kappa shape index (κ2) is 6.41. The molecule has 0 aliphatic carbocycles. The lowest BCUT2D eigenvalue weighted by Crippen LogP contribution is -2.41. The summed E-state index contributed by atoms with van der Waals surface area (Å²) in [7, 11) is 0. The normalized spacial score (nSPS) is 11.0. The summed E-state index contributed by atoms with van der Waals surface area (Å²) in [5.41, 5.74) is 1.47. The molecular weight excluding hydrogens is 256 g/mol. The van der Waals surface area contributed by atoms with Gasteiger partial charge in [-0.1, -0.05) is 6.07 Å². The second-order valence-electron chi connectivity index (χ2n) is 5.83. The van der Waals surface area contributed by atoms with Gasteiger partial charge < -0.3 is 15.7 Å². The Bertz CT molecular complexity index is 504. The van der Waals surface area contributed by atoms with Gasteiger partial charge in [0.2, 0.25) is 5.91 Å². The topological polar surface area (TPSA) is 78.4 Å². The van der Waals surface area contributed by atoms with E-state index in [1.165, 1.54) is 0 Å². The summed E-state index contributed by atoms with van der Waals surface area (Å²) in [6.45, 7) is 8.04. The number of aromatic carboxylic acids is 1. The minimum absolute atomic E-state index is 0.0606. The van der Waals surface area contributed by atoms with Crippen molar-refractivity contribution in [1.82, 2.24) is 5.32 Å². The van der Waals surface area contributed by atoms with Crippen molar-refractivity contribution in [1.29, 1.82) is 0 Å². The van der Waals surface area contributed by atoms with Crippen LogP contribution in [0.1, 0.15) is 43.1 Å². The molecule has 1 aromatic rings. The van der Waals surface area contributed by atoms with Crippen molar-refractivity contribution in [3.63, 3.8) is 0 Å². The number of benzene rings is 1. The summed E-state index contributed by atoms with van der Waals surface area (Å²) in [6, 6.07) is 5.08. The van der Waals surface area contributed by atoms with Crippen molar-refractivity contribution >= 4 is 17.6 Å². The number of nitrogens with one attached hydrogen (secondary N) is 2. The third kappa shape index (κ3) is 5.30. The number of anilines is 1. The first-order valence-electron chi connectivity index (χ1n) is 6.58. The fourth-order valence-electron chi connectivity index (χ4n) is 1.78. The number of carbonyl (C=O) groups excluding carboxylic acids is 1. The van der Waals surface area contributed by atoms with E-state index in [1.54, 1.807) is 18.2 Å². The van der Waals surface area contributed by atoms with E-state index in [4.69, 9.17) is 5.11 Å². The highest BCUT2D eigenvalue weighted by atomic mass is 16.4. The highest BCUT2D eigenvalue weighted by Crippen LogP contribution is 2.17. The van der Waals surface area contributed by atoms with Crippen LogP contribution in [0.4, 0.5) is 5.69 Å². The zero-order valence-electron chi connectivity index (χ0n) is 12.4. The van der Waals surface area contributed by atoms with Gasteiger partial charge in [-0.05, 0) is 45.4 Å². The molecule has 5 nitrogen and oxygen atoms in total. The predicted octanol–water partition coefficient (Wildman–Crippen LogP) is 2.41. The molecule has 0 saturated heterocycles. The molecule has 0 fully saturated rings. The SMILES string of the molecule is Cc1ccc(C(=O)O)c(NCCC(=O)NC(C)(C)C)c1. The molecule has 0 atom stereocenters. The van der Waals surface area contributed by atoms with Gasteiger partial charge in [-0.2, -0.15) is 0 Å². The standard InChI is InChI=1S/C15H22N2O3/c1-10-5-6-11(14(19)20)12(9-10)16-8-7-13(18)17-15(2,3)4/h5-6,9,16H,7-8H2,1-4H3,(H,17,18)(H,19,20). The third-order valence-electron chi connectivity index (χ3n) is 2.59. The van der Waals surface area contributed by atoms with Crippen LogP contribution in [0, 0.1) is 6.92 Å². The molecule has 0 radical (unpaired) electrons. The third-order valence-corrected chi connectivity index (χ3v) is 2.59.